The van der Waals surface area contributed by atoms with Crippen LogP contribution >= 0.6 is 34.8 Å². The molecule has 0 unspecified atom stereocenters. The van der Waals surface area contributed by atoms with Crippen LogP contribution in [0.1, 0.15) is 56.0 Å². The summed E-state index contributed by atoms with van der Waals surface area (Å²) in [5.41, 5.74) is 3.93. The summed E-state index contributed by atoms with van der Waals surface area (Å²) in [6, 6.07) is 10.3. The second-order valence-electron chi connectivity index (χ2n) is 8.10. The molecular formula is C24H26Cl3N3O3. The molecule has 0 bridgehead atoms. The predicted octanol–water partition coefficient (Wildman–Crippen LogP) is 5.97. The lowest BCUT2D eigenvalue weighted by molar-refractivity contribution is -0.139. The summed E-state index contributed by atoms with van der Waals surface area (Å²) in [7, 11) is 0. The van der Waals surface area contributed by atoms with E-state index < -0.39 is 5.91 Å². The first-order chi connectivity index (χ1) is 15.7. The molecule has 0 aromatic heterocycles. The molecule has 0 aliphatic carbocycles. The Bertz CT molecular complexity index is 1050. The molecule has 3 rings (SSSR count). The number of nitrogens with zero attached hydrogens (tertiary/aromatic N) is 2. The van der Waals surface area contributed by atoms with Crippen LogP contribution in [0.2, 0.25) is 15.1 Å². The van der Waals surface area contributed by atoms with Gasteiger partial charge in [-0.05, 0) is 70.4 Å². The van der Waals surface area contributed by atoms with Crippen molar-refractivity contribution in [1.82, 2.24) is 10.3 Å². The molecule has 2 aromatic rings. The highest BCUT2D eigenvalue weighted by molar-refractivity contribution is 6.49. The molecule has 1 fully saturated rings. The molecule has 1 heterocycles. The quantitative estimate of drug-likeness (QED) is 0.296. The Morgan fingerprint density at radius 3 is 2.30 bits per heavy atom. The minimum absolute atomic E-state index is 0.0257. The van der Waals surface area contributed by atoms with Crippen LogP contribution in [0.5, 0.6) is 5.75 Å². The van der Waals surface area contributed by atoms with Crippen LogP contribution in [-0.2, 0) is 4.79 Å². The van der Waals surface area contributed by atoms with Gasteiger partial charge >= 0.3 is 0 Å². The van der Waals surface area contributed by atoms with Crippen LogP contribution < -0.4 is 10.2 Å². The summed E-state index contributed by atoms with van der Waals surface area (Å²) >= 11 is 18.2. The van der Waals surface area contributed by atoms with Crippen molar-refractivity contribution in [2.24, 2.45) is 5.10 Å². The molecule has 1 aliphatic rings. The number of ether oxygens (including phenoxy) is 1. The summed E-state index contributed by atoms with van der Waals surface area (Å²) in [6.45, 7) is 5.80. The normalized spacial score (nSPS) is 18.7. The Hall–Kier alpha value is -2.28. The van der Waals surface area contributed by atoms with Gasteiger partial charge in [-0.15, -0.1) is 0 Å². The number of amides is 2. The van der Waals surface area contributed by atoms with E-state index in [0.29, 0.717) is 27.6 Å². The van der Waals surface area contributed by atoms with E-state index >= 15 is 0 Å². The first-order valence-electron chi connectivity index (χ1n) is 10.7. The summed E-state index contributed by atoms with van der Waals surface area (Å²) in [5, 5.41) is 4.94. The van der Waals surface area contributed by atoms with Gasteiger partial charge in [-0.1, -0.05) is 40.9 Å². The first-order valence-corrected chi connectivity index (χ1v) is 11.8. The third kappa shape index (κ3) is 6.19. The summed E-state index contributed by atoms with van der Waals surface area (Å²) in [6.07, 6.45) is 3.17. The van der Waals surface area contributed by atoms with E-state index in [-0.39, 0.29) is 34.6 Å². The molecule has 33 heavy (non-hydrogen) atoms. The van der Waals surface area contributed by atoms with Crippen molar-refractivity contribution in [2.45, 2.75) is 52.1 Å². The molecule has 0 saturated carbocycles. The number of benzene rings is 2. The molecule has 0 radical (unpaired) electrons. The first kappa shape index (κ1) is 25.3. The zero-order valence-corrected chi connectivity index (χ0v) is 21.0. The average Bonchev–Trinajstić information content (AvgIpc) is 2.79. The van der Waals surface area contributed by atoms with Gasteiger partial charge in [0.15, 0.2) is 6.61 Å². The number of halogens is 3. The average molecular weight is 511 g/mol. The maximum absolute atomic E-state index is 12.6. The molecule has 1 N–H and O–H groups in total. The molecule has 2 amide bonds. The topological polar surface area (TPSA) is 71.0 Å². The SMILES string of the molecule is C/C(=N/NC(=O)c1ccc(OCC(=O)N2[C@@H](C)CCC[C@@H]2C)cc1)c1ccc(Cl)c(Cl)c1Cl. The lowest BCUT2D eigenvalue weighted by atomic mass is 9.97. The fourth-order valence-electron chi connectivity index (χ4n) is 3.90. The predicted molar refractivity (Wildman–Crippen MR) is 133 cm³/mol. The molecule has 2 atom stereocenters. The van der Waals surface area contributed by atoms with Gasteiger partial charge in [0, 0.05) is 23.2 Å². The third-order valence-corrected chi connectivity index (χ3v) is 7.00. The zero-order valence-electron chi connectivity index (χ0n) is 18.7. The summed E-state index contributed by atoms with van der Waals surface area (Å²) in [5.74, 6) is 0.0888. The van der Waals surface area contributed by atoms with Crippen molar-refractivity contribution in [3.63, 3.8) is 0 Å². The molecule has 2 aromatic carbocycles. The van der Waals surface area contributed by atoms with E-state index in [2.05, 4.69) is 24.4 Å². The van der Waals surface area contributed by atoms with Crippen molar-refractivity contribution >= 4 is 52.3 Å². The Kier molecular flexibility index (Phi) is 8.63. The lowest BCUT2D eigenvalue weighted by Crippen LogP contribution is -2.49. The summed E-state index contributed by atoms with van der Waals surface area (Å²) in [4.78, 5) is 26.9. The number of hydrogen-bond acceptors (Lipinski definition) is 4. The van der Waals surface area contributed by atoms with Gasteiger partial charge in [0.05, 0.1) is 20.8 Å². The highest BCUT2D eigenvalue weighted by Gasteiger charge is 2.29. The largest absolute Gasteiger partial charge is 0.484 e. The van der Waals surface area contributed by atoms with Crippen molar-refractivity contribution in [2.75, 3.05) is 6.61 Å². The van der Waals surface area contributed by atoms with Crippen LogP contribution in [0.15, 0.2) is 41.5 Å². The maximum atomic E-state index is 12.6. The van der Waals surface area contributed by atoms with Crippen molar-refractivity contribution in [3.8, 4) is 5.75 Å². The van der Waals surface area contributed by atoms with Gasteiger partial charge in [-0.3, -0.25) is 9.59 Å². The number of nitrogens with one attached hydrogen (secondary N) is 1. The van der Waals surface area contributed by atoms with Crippen molar-refractivity contribution < 1.29 is 14.3 Å². The number of hydrazone groups is 1. The van der Waals surface area contributed by atoms with E-state index in [1.54, 1.807) is 43.3 Å². The second-order valence-corrected chi connectivity index (χ2v) is 9.27. The number of likely N-dealkylation sites (tertiary alicyclic amines) is 1. The van der Waals surface area contributed by atoms with E-state index in [0.717, 1.165) is 19.3 Å². The molecular weight excluding hydrogens is 485 g/mol. The van der Waals surface area contributed by atoms with Gasteiger partial charge in [-0.2, -0.15) is 5.10 Å². The van der Waals surface area contributed by atoms with Crippen molar-refractivity contribution in [3.05, 3.63) is 62.6 Å². The van der Waals surface area contributed by atoms with Crippen LogP contribution in [-0.4, -0.2) is 41.1 Å². The molecule has 6 nitrogen and oxygen atoms in total. The fourth-order valence-corrected chi connectivity index (χ4v) is 4.57. The number of hydrogen-bond donors (Lipinski definition) is 1. The van der Waals surface area contributed by atoms with Crippen LogP contribution in [0.25, 0.3) is 0 Å². The molecule has 1 aliphatic heterocycles. The van der Waals surface area contributed by atoms with Crippen molar-refractivity contribution in [1.29, 1.82) is 0 Å². The molecule has 1 saturated heterocycles. The van der Waals surface area contributed by atoms with Gasteiger partial charge in [0.1, 0.15) is 5.75 Å². The van der Waals surface area contributed by atoms with Gasteiger partial charge in [0.25, 0.3) is 11.8 Å². The molecule has 176 valence electrons. The van der Waals surface area contributed by atoms with E-state index in [1.807, 2.05) is 4.90 Å². The number of rotatable bonds is 6. The number of piperidine rings is 1. The minimum Gasteiger partial charge on any atom is -0.484 e. The monoisotopic (exact) mass is 509 g/mol. The fraction of sp³-hybridized carbons (Fsp3) is 0.375. The maximum Gasteiger partial charge on any atom is 0.271 e. The Labute approximate surface area is 208 Å². The Balaban J connectivity index is 1.57. The van der Waals surface area contributed by atoms with E-state index in [4.69, 9.17) is 39.5 Å². The van der Waals surface area contributed by atoms with Crippen LogP contribution in [0.4, 0.5) is 0 Å². The minimum atomic E-state index is -0.399. The highest BCUT2D eigenvalue weighted by Crippen LogP contribution is 2.33. The van der Waals surface area contributed by atoms with E-state index in [1.165, 1.54) is 0 Å². The van der Waals surface area contributed by atoms with Crippen LogP contribution in [0.3, 0.4) is 0 Å². The third-order valence-electron chi connectivity index (χ3n) is 5.71. The van der Waals surface area contributed by atoms with Gasteiger partial charge in [-0.25, -0.2) is 5.43 Å². The Morgan fingerprint density at radius 2 is 1.67 bits per heavy atom. The molecule has 0 spiro atoms. The summed E-state index contributed by atoms with van der Waals surface area (Å²) < 4.78 is 5.65. The van der Waals surface area contributed by atoms with Gasteiger partial charge in [0.2, 0.25) is 0 Å². The number of carbonyl (C=O) groups excluding carboxylic acids is 2. The second kappa shape index (κ2) is 11.2. The lowest BCUT2D eigenvalue weighted by Gasteiger charge is -2.38. The van der Waals surface area contributed by atoms with Crippen LogP contribution in [0, 0.1) is 0 Å². The smallest absolute Gasteiger partial charge is 0.271 e. The highest BCUT2D eigenvalue weighted by atomic mass is 35.5. The van der Waals surface area contributed by atoms with Gasteiger partial charge < -0.3 is 9.64 Å². The Morgan fingerprint density at radius 1 is 1.03 bits per heavy atom. The molecule has 9 heteroatoms. The zero-order chi connectivity index (χ0) is 24.1. The standard InChI is InChI=1S/C24H26Cl3N3O3/c1-14-5-4-6-15(2)30(14)21(31)13-33-18-9-7-17(8-10-18)24(32)29-28-16(3)19-11-12-20(25)23(27)22(19)26/h7-12,14-15H,4-6,13H2,1-3H3,(H,29,32)/b28-16-/t14-,15-/m0/s1. The van der Waals surface area contributed by atoms with E-state index in [9.17, 15) is 9.59 Å². The number of carbonyl (C=O) groups is 2.